The smallest absolute Gasteiger partial charge is 0.0863 e. The zero-order valence-electron chi connectivity index (χ0n) is 8.86. The fourth-order valence-electron chi connectivity index (χ4n) is 2.15. The van der Waals surface area contributed by atoms with Crippen LogP contribution in [0.1, 0.15) is 24.2 Å². The molecule has 0 saturated heterocycles. The minimum atomic E-state index is 1.08. The lowest BCUT2D eigenvalue weighted by molar-refractivity contribution is 0.652. The Labute approximate surface area is 103 Å². The summed E-state index contributed by atoms with van der Waals surface area (Å²) in [5.41, 5.74) is 3.56. The highest BCUT2D eigenvalue weighted by molar-refractivity contribution is 9.10. The van der Waals surface area contributed by atoms with Crippen LogP contribution in [0.15, 0.2) is 28.7 Å². The van der Waals surface area contributed by atoms with Crippen molar-refractivity contribution in [2.24, 2.45) is 0 Å². The minimum absolute atomic E-state index is 1.08. The number of hydrogen-bond donors (Lipinski definition) is 0. The lowest BCUT2D eigenvalue weighted by atomic mass is 10.0. The van der Waals surface area contributed by atoms with E-state index < -0.39 is 0 Å². The number of fused-ring (bicyclic) bond motifs is 1. The molecule has 0 fully saturated rings. The van der Waals surface area contributed by atoms with E-state index in [-0.39, 0.29) is 0 Å². The maximum Gasteiger partial charge on any atom is 0.0863 e. The molecule has 3 rings (SSSR count). The minimum Gasteiger partial charge on any atom is -0.217 e. The molecule has 0 saturated carbocycles. The van der Waals surface area contributed by atoms with Crippen molar-refractivity contribution in [2.75, 3.05) is 0 Å². The van der Waals surface area contributed by atoms with Crippen LogP contribution >= 0.6 is 15.9 Å². The molecule has 2 aromatic rings. The van der Waals surface area contributed by atoms with Gasteiger partial charge in [0.05, 0.1) is 17.1 Å². The van der Waals surface area contributed by atoms with Crippen LogP contribution in [-0.2, 0) is 12.8 Å². The van der Waals surface area contributed by atoms with Gasteiger partial charge < -0.3 is 0 Å². The third kappa shape index (κ3) is 1.67. The van der Waals surface area contributed by atoms with Crippen molar-refractivity contribution >= 4 is 15.9 Å². The fourth-order valence-corrected chi connectivity index (χ4v) is 2.42. The quantitative estimate of drug-likeness (QED) is 0.803. The van der Waals surface area contributed by atoms with Crippen LogP contribution in [0.25, 0.3) is 5.69 Å². The SMILES string of the molecule is Brc1ccc(-n2nnc3c2CCCC3)cc1. The first-order chi connectivity index (χ1) is 7.84. The van der Waals surface area contributed by atoms with E-state index in [1.165, 1.54) is 24.2 Å². The standard InChI is InChI=1S/C12H12BrN3/c13-9-5-7-10(8-6-9)16-12-4-2-1-3-11(12)14-15-16/h5-8H,1-4H2. The Morgan fingerprint density at radius 1 is 1.06 bits per heavy atom. The topological polar surface area (TPSA) is 30.7 Å². The maximum atomic E-state index is 4.26. The molecule has 1 aromatic carbocycles. The van der Waals surface area contributed by atoms with E-state index >= 15 is 0 Å². The van der Waals surface area contributed by atoms with Gasteiger partial charge in [0.2, 0.25) is 0 Å². The van der Waals surface area contributed by atoms with Crippen LogP contribution in [-0.4, -0.2) is 15.0 Å². The summed E-state index contributed by atoms with van der Waals surface area (Å²) < 4.78 is 3.06. The van der Waals surface area contributed by atoms with Crippen molar-refractivity contribution in [3.63, 3.8) is 0 Å². The van der Waals surface area contributed by atoms with Gasteiger partial charge in [-0.05, 0) is 49.9 Å². The Morgan fingerprint density at radius 2 is 1.81 bits per heavy atom. The van der Waals surface area contributed by atoms with Crippen molar-refractivity contribution in [3.8, 4) is 5.69 Å². The average Bonchev–Trinajstić information content (AvgIpc) is 2.74. The maximum absolute atomic E-state index is 4.26. The number of nitrogens with zero attached hydrogens (tertiary/aromatic N) is 3. The van der Waals surface area contributed by atoms with Crippen LogP contribution in [0.4, 0.5) is 0 Å². The summed E-state index contributed by atoms with van der Waals surface area (Å²) in [4.78, 5) is 0. The second-order valence-corrected chi connectivity index (χ2v) is 4.99. The van der Waals surface area contributed by atoms with Crippen LogP contribution in [0, 0.1) is 0 Å². The van der Waals surface area contributed by atoms with Gasteiger partial charge in [-0.1, -0.05) is 21.1 Å². The summed E-state index contributed by atoms with van der Waals surface area (Å²) >= 11 is 3.44. The summed E-state index contributed by atoms with van der Waals surface area (Å²) in [5, 5.41) is 8.51. The van der Waals surface area contributed by atoms with E-state index in [0.717, 1.165) is 23.0 Å². The van der Waals surface area contributed by atoms with E-state index in [0.29, 0.717) is 0 Å². The van der Waals surface area contributed by atoms with Gasteiger partial charge in [-0.3, -0.25) is 0 Å². The first-order valence-electron chi connectivity index (χ1n) is 5.54. The molecule has 0 N–H and O–H groups in total. The third-order valence-electron chi connectivity index (χ3n) is 2.99. The van der Waals surface area contributed by atoms with Crippen molar-refractivity contribution in [3.05, 3.63) is 40.1 Å². The molecular weight excluding hydrogens is 266 g/mol. The Morgan fingerprint density at radius 3 is 2.62 bits per heavy atom. The molecule has 0 radical (unpaired) electrons. The highest BCUT2D eigenvalue weighted by Gasteiger charge is 2.17. The van der Waals surface area contributed by atoms with E-state index in [1.807, 2.05) is 16.8 Å². The second-order valence-electron chi connectivity index (χ2n) is 4.08. The number of aromatic nitrogens is 3. The zero-order valence-corrected chi connectivity index (χ0v) is 10.4. The number of benzene rings is 1. The zero-order chi connectivity index (χ0) is 11.0. The largest absolute Gasteiger partial charge is 0.217 e. The highest BCUT2D eigenvalue weighted by Crippen LogP contribution is 2.22. The molecule has 4 heteroatoms. The van der Waals surface area contributed by atoms with Crippen molar-refractivity contribution in [1.82, 2.24) is 15.0 Å². The Kier molecular flexibility index (Phi) is 2.52. The molecule has 3 nitrogen and oxygen atoms in total. The predicted octanol–water partition coefficient (Wildman–Crippen LogP) is 2.91. The van der Waals surface area contributed by atoms with Crippen LogP contribution in [0.3, 0.4) is 0 Å². The molecule has 1 aromatic heterocycles. The van der Waals surface area contributed by atoms with Crippen LogP contribution < -0.4 is 0 Å². The monoisotopic (exact) mass is 277 g/mol. The second kappa shape index (κ2) is 4.01. The highest BCUT2D eigenvalue weighted by atomic mass is 79.9. The Bertz CT molecular complexity index is 501. The molecule has 1 aliphatic rings. The van der Waals surface area contributed by atoms with Crippen LogP contribution in [0.5, 0.6) is 0 Å². The lowest BCUT2D eigenvalue weighted by Crippen LogP contribution is -2.07. The molecule has 82 valence electrons. The van der Waals surface area contributed by atoms with Gasteiger partial charge in [-0.15, -0.1) is 5.10 Å². The van der Waals surface area contributed by atoms with Gasteiger partial charge in [0, 0.05) is 4.47 Å². The van der Waals surface area contributed by atoms with Crippen molar-refractivity contribution in [2.45, 2.75) is 25.7 Å². The van der Waals surface area contributed by atoms with Gasteiger partial charge in [-0.2, -0.15) is 0 Å². The summed E-state index contributed by atoms with van der Waals surface area (Å²) in [6.07, 6.45) is 4.66. The third-order valence-corrected chi connectivity index (χ3v) is 3.52. The van der Waals surface area contributed by atoms with E-state index in [1.54, 1.807) is 0 Å². The molecule has 0 spiro atoms. The molecule has 0 aliphatic heterocycles. The van der Waals surface area contributed by atoms with Crippen molar-refractivity contribution in [1.29, 1.82) is 0 Å². The van der Waals surface area contributed by atoms with Gasteiger partial charge in [0.15, 0.2) is 0 Å². The van der Waals surface area contributed by atoms with E-state index in [4.69, 9.17) is 0 Å². The van der Waals surface area contributed by atoms with Crippen molar-refractivity contribution < 1.29 is 0 Å². The normalized spacial score (nSPS) is 14.8. The number of halogens is 1. The van der Waals surface area contributed by atoms with Gasteiger partial charge in [0.25, 0.3) is 0 Å². The summed E-state index contributed by atoms with van der Waals surface area (Å²) in [7, 11) is 0. The Hall–Kier alpha value is -1.16. The molecule has 0 atom stereocenters. The average molecular weight is 278 g/mol. The molecule has 1 aliphatic carbocycles. The van der Waals surface area contributed by atoms with E-state index in [2.05, 4.69) is 38.4 Å². The fraction of sp³-hybridized carbons (Fsp3) is 0.333. The van der Waals surface area contributed by atoms with Gasteiger partial charge >= 0.3 is 0 Å². The summed E-state index contributed by atoms with van der Waals surface area (Å²) in [6.45, 7) is 0. The summed E-state index contributed by atoms with van der Waals surface area (Å²) in [5.74, 6) is 0. The number of hydrogen-bond acceptors (Lipinski definition) is 2. The molecular formula is C12H12BrN3. The van der Waals surface area contributed by atoms with Gasteiger partial charge in [0.1, 0.15) is 0 Å². The predicted molar refractivity (Wildman–Crippen MR) is 65.7 cm³/mol. The lowest BCUT2D eigenvalue weighted by Gasteiger charge is -2.11. The first-order valence-corrected chi connectivity index (χ1v) is 6.33. The number of rotatable bonds is 1. The molecule has 1 heterocycles. The first kappa shape index (κ1) is 10.0. The van der Waals surface area contributed by atoms with Crippen LogP contribution in [0.2, 0.25) is 0 Å². The molecule has 0 amide bonds. The molecule has 16 heavy (non-hydrogen) atoms. The Balaban J connectivity index is 2.06. The van der Waals surface area contributed by atoms with Gasteiger partial charge in [-0.25, -0.2) is 4.68 Å². The molecule has 0 bridgehead atoms. The summed E-state index contributed by atoms with van der Waals surface area (Å²) in [6, 6.07) is 8.19. The number of aryl methyl sites for hydroxylation is 1. The molecule has 0 unspecified atom stereocenters. The van der Waals surface area contributed by atoms with E-state index in [9.17, 15) is 0 Å².